The van der Waals surface area contributed by atoms with Crippen molar-refractivity contribution in [3.8, 4) is 0 Å². The molecule has 1 unspecified atom stereocenters. The van der Waals surface area contributed by atoms with Gasteiger partial charge in [-0.15, -0.1) is 11.3 Å². The molecule has 11 heteroatoms. The standard InChI is InChI=1S/C14H16Cl2N2O5S2/c1-18(2)7-8-6-14(13(17)20,4-3-9(8)19)23-25(21,22)10-5-11(15)24-12(10)16/h5,7H,3-4,6H2,1-2H3,(H2,17,20). The SMILES string of the molecule is CN(C)C=C1CC(OS(=O)(=O)c2cc(Cl)sc2Cl)(C(N)=O)CCC1=O. The molecule has 0 aromatic carbocycles. The maximum atomic E-state index is 12.6. The van der Waals surface area contributed by atoms with Crippen LogP contribution in [-0.2, 0) is 23.9 Å². The molecule has 0 saturated heterocycles. The van der Waals surface area contributed by atoms with Crippen LogP contribution in [0.3, 0.4) is 0 Å². The Hall–Kier alpha value is -1.13. The third kappa shape index (κ3) is 4.35. The molecule has 0 bridgehead atoms. The first-order valence-electron chi connectivity index (χ1n) is 7.07. The average molecular weight is 427 g/mol. The highest BCUT2D eigenvalue weighted by atomic mass is 35.5. The van der Waals surface area contributed by atoms with Crippen LogP contribution < -0.4 is 5.73 Å². The van der Waals surface area contributed by atoms with Gasteiger partial charge in [0, 0.05) is 38.7 Å². The second-order valence-corrected chi connectivity index (χ2v) is 9.60. The molecule has 2 N–H and O–H groups in total. The van der Waals surface area contributed by atoms with E-state index in [1.165, 1.54) is 6.20 Å². The number of nitrogens with zero attached hydrogens (tertiary/aromatic N) is 1. The summed E-state index contributed by atoms with van der Waals surface area (Å²) < 4.78 is 30.4. The minimum atomic E-state index is -4.40. The number of hydrogen-bond acceptors (Lipinski definition) is 7. The van der Waals surface area contributed by atoms with Gasteiger partial charge >= 0.3 is 0 Å². The molecular formula is C14H16Cl2N2O5S2. The number of ketones is 1. The van der Waals surface area contributed by atoms with Crippen LogP contribution in [-0.4, -0.2) is 44.7 Å². The largest absolute Gasteiger partial charge is 0.383 e. The van der Waals surface area contributed by atoms with E-state index in [2.05, 4.69) is 0 Å². The lowest BCUT2D eigenvalue weighted by Gasteiger charge is -2.34. The van der Waals surface area contributed by atoms with E-state index in [0.29, 0.717) is 0 Å². The van der Waals surface area contributed by atoms with Crippen LogP contribution in [0.1, 0.15) is 19.3 Å². The molecule has 0 spiro atoms. The number of Topliss-reactive ketones (excluding diaryl/α,β-unsaturated/α-hetero) is 1. The Bertz CT molecular complexity index is 847. The molecule has 2 rings (SSSR count). The van der Waals surface area contributed by atoms with Crippen molar-refractivity contribution in [2.75, 3.05) is 14.1 Å². The predicted octanol–water partition coefficient (Wildman–Crippen LogP) is 2.18. The lowest BCUT2D eigenvalue weighted by Crippen LogP contribution is -2.51. The fourth-order valence-electron chi connectivity index (χ4n) is 2.47. The number of halogens is 2. The van der Waals surface area contributed by atoms with Crippen LogP contribution in [0.15, 0.2) is 22.7 Å². The zero-order valence-electron chi connectivity index (χ0n) is 13.4. The topological polar surface area (TPSA) is 107 Å². The summed E-state index contributed by atoms with van der Waals surface area (Å²) in [6, 6.07) is 1.14. The van der Waals surface area contributed by atoms with Gasteiger partial charge in [0.25, 0.3) is 16.0 Å². The van der Waals surface area contributed by atoms with Crippen LogP contribution in [0, 0.1) is 0 Å². The molecule has 25 heavy (non-hydrogen) atoms. The highest BCUT2D eigenvalue weighted by molar-refractivity contribution is 7.87. The number of nitrogens with two attached hydrogens (primary N) is 1. The molecule has 1 fully saturated rings. The van der Waals surface area contributed by atoms with E-state index in [9.17, 15) is 18.0 Å². The average Bonchev–Trinajstić information content (AvgIpc) is 2.81. The zero-order valence-corrected chi connectivity index (χ0v) is 16.6. The highest BCUT2D eigenvalue weighted by Crippen LogP contribution is 2.40. The number of hydrogen-bond donors (Lipinski definition) is 1. The van der Waals surface area contributed by atoms with Gasteiger partial charge in [0.15, 0.2) is 11.4 Å². The van der Waals surface area contributed by atoms with Crippen LogP contribution in [0.2, 0.25) is 8.67 Å². The summed E-state index contributed by atoms with van der Waals surface area (Å²) in [5, 5.41) is 0. The first-order valence-corrected chi connectivity index (χ1v) is 10.1. The first-order chi connectivity index (χ1) is 11.5. The Morgan fingerprint density at radius 2 is 2.08 bits per heavy atom. The Labute approximate surface area is 159 Å². The number of amides is 1. The lowest BCUT2D eigenvalue weighted by molar-refractivity contribution is -0.136. The van der Waals surface area contributed by atoms with Crippen LogP contribution >= 0.6 is 34.5 Å². The third-order valence-corrected chi connectivity index (χ3v) is 6.75. The van der Waals surface area contributed by atoms with Crippen molar-refractivity contribution in [2.24, 2.45) is 5.73 Å². The van der Waals surface area contributed by atoms with E-state index in [1.807, 2.05) is 0 Å². The summed E-state index contributed by atoms with van der Waals surface area (Å²) in [6.07, 6.45) is 1.08. The maximum absolute atomic E-state index is 12.6. The van der Waals surface area contributed by atoms with Crippen molar-refractivity contribution >= 4 is 56.3 Å². The molecule has 1 aromatic heterocycles. The molecule has 1 aromatic rings. The van der Waals surface area contributed by atoms with Gasteiger partial charge in [0.05, 0.1) is 4.34 Å². The fraction of sp³-hybridized carbons (Fsp3) is 0.429. The molecule has 0 radical (unpaired) electrons. The smallest absolute Gasteiger partial charge is 0.300 e. The summed E-state index contributed by atoms with van der Waals surface area (Å²) in [5.41, 5.74) is 3.84. The number of rotatable bonds is 5. The molecule has 1 saturated carbocycles. The summed E-state index contributed by atoms with van der Waals surface area (Å²) in [6.45, 7) is 0. The van der Waals surface area contributed by atoms with Gasteiger partial charge in [0.2, 0.25) is 0 Å². The minimum Gasteiger partial charge on any atom is -0.383 e. The summed E-state index contributed by atoms with van der Waals surface area (Å²) in [4.78, 5) is 25.4. The van der Waals surface area contributed by atoms with Gasteiger partial charge in [-0.3, -0.25) is 9.59 Å². The first kappa shape index (κ1) is 20.2. The molecule has 1 amide bonds. The second-order valence-electron chi connectivity index (χ2n) is 5.80. The quantitative estimate of drug-likeness (QED) is 0.570. The lowest BCUT2D eigenvalue weighted by atomic mass is 9.80. The maximum Gasteiger partial charge on any atom is 0.300 e. The van der Waals surface area contributed by atoms with E-state index in [0.717, 1.165) is 17.4 Å². The van der Waals surface area contributed by atoms with Gasteiger partial charge in [-0.1, -0.05) is 23.2 Å². The summed E-state index contributed by atoms with van der Waals surface area (Å²) in [7, 11) is -1.00. The van der Waals surface area contributed by atoms with Gasteiger partial charge in [-0.05, 0) is 12.5 Å². The van der Waals surface area contributed by atoms with Gasteiger partial charge in [-0.25, -0.2) is 4.18 Å². The van der Waals surface area contributed by atoms with Crippen molar-refractivity contribution in [3.63, 3.8) is 0 Å². The van der Waals surface area contributed by atoms with Crippen LogP contribution in [0.5, 0.6) is 0 Å². The van der Waals surface area contributed by atoms with Gasteiger partial charge in [-0.2, -0.15) is 8.42 Å². The highest BCUT2D eigenvalue weighted by Gasteiger charge is 2.48. The van der Waals surface area contributed by atoms with Crippen molar-refractivity contribution < 1.29 is 22.2 Å². The predicted molar refractivity (Wildman–Crippen MR) is 95.2 cm³/mol. The number of primary amides is 1. The fourth-order valence-corrected chi connectivity index (χ4v) is 5.79. The van der Waals surface area contributed by atoms with Crippen molar-refractivity contribution in [1.29, 1.82) is 0 Å². The summed E-state index contributed by atoms with van der Waals surface area (Å²) in [5.74, 6) is -1.16. The van der Waals surface area contributed by atoms with Crippen LogP contribution in [0.25, 0.3) is 0 Å². The summed E-state index contributed by atoms with van der Waals surface area (Å²) >= 11 is 12.5. The number of carbonyl (C=O) groups excluding carboxylic acids is 2. The van der Waals surface area contributed by atoms with E-state index >= 15 is 0 Å². The second kappa shape index (κ2) is 7.24. The van der Waals surface area contributed by atoms with Gasteiger partial charge < -0.3 is 10.6 Å². The molecule has 1 heterocycles. The number of thiophene rings is 1. The Morgan fingerprint density at radius 3 is 2.56 bits per heavy atom. The minimum absolute atomic E-state index is 0.0593. The van der Waals surface area contributed by atoms with E-state index < -0.39 is 21.6 Å². The van der Waals surface area contributed by atoms with E-state index in [4.69, 9.17) is 33.1 Å². The Morgan fingerprint density at radius 1 is 1.44 bits per heavy atom. The molecule has 138 valence electrons. The third-order valence-electron chi connectivity index (χ3n) is 3.62. The monoisotopic (exact) mass is 426 g/mol. The molecule has 1 atom stereocenters. The van der Waals surface area contributed by atoms with Crippen LogP contribution in [0.4, 0.5) is 0 Å². The van der Waals surface area contributed by atoms with Gasteiger partial charge in [0.1, 0.15) is 9.23 Å². The Balaban J connectivity index is 2.43. The molecule has 1 aliphatic carbocycles. The molecule has 7 nitrogen and oxygen atoms in total. The van der Waals surface area contributed by atoms with Crippen molar-refractivity contribution in [2.45, 2.75) is 29.8 Å². The number of carbonyl (C=O) groups is 2. The Kier molecular flexibility index (Phi) is 5.85. The van der Waals surface area contributed by atoms with E-state index in [1.54, 1.807) is 19.0 Å². The molecule has 1 aliphatic rings. The molecular weight excluding hydrogens is 411 g/mol. The van der Waals surface area contributed by atoms with Crippen molar-refractivity contribution in [3.05, 3.63) is 26.5 Å². The molecule has 0 aliphatic heterocycles. The van der Waals surface area contributed by atoms with E-state index in [-0.39, 0.29) is 44.2 Å². The zero-order chi connectivity index (χ0) is 19.0. The normalized spacial score (nSPS) is 23.0. The van der Waals surface area contributed by atoms with Crippen molar-refractivity contribution in [1.82, 2.24) is 4.90 Å².